The minimum Gasteiger partial charge on any atom is -0.356 e. The largest absolute Gasteiger partial charge is 0.356 e. The molecule has 0 fully saturated rings. The number of hydrogen-bond acceptors (Lipinski definition) is 5. The smallest absolute Gasteiger partial charge is 0.183 e. The maximum Gasteiger partial charge on any atom is 0.183 e. The Hall–Kier alpha value is -0.940. The number of aryl methyl sites for hydroxylation is 2. The molecular weight excluding hydrogens is 214 g/mol. The second-order valence-electron chi connectivity index (χ2n) is 3.01. The molecule has 0 saturated heterocycles. The second kappa shape index (κ2) is 4.06. The summed E-state index contributed by atoms with van der Waals surface area (Å²) in [6, 6.07) is 0. The van der Waals surface area contributed by atoms with Crippen LogP contribution in [-0.2, 0) is 6.54 Å². The molecule has 0 aliphatic rings. The van der Waals surface area contributed by atoms with Gasteiger partial charge in [0.2, 0.25) is 0 Å². The third-order valence-electron chi connectivity index (χ3n) is 1.71. The van der Waals surface area contributed by atoms with Crippen molar-refractivity contribution in [2.75, 3.05) is 5.32 Å². The molecule has 3 nitrogen and oxygen atoms in total. The van der Waals surface area contributed by atoms with Crippen LogP contribution in [0.4, 0.5) is 5.13 Å². The van der Waals surface area contributed by atoms with Crippen molar-refractivity contribution in [3.8, 4) is 0 Å². The van der Waals surface area contributed by atoms with E-state index in [1.165, 1.54) is 0 Å². The lowest BCUT2D eigenvalue weighted by Gasteiger charge is -1.97. The van der Waals surface area contributed by atoms with Crippen LogP contribution in [0.2, 0.25) is 0 Å². The molecule has 2 rings (SSSR count). The van der Waals surface area contributed by atoms with E-state index in [4.69, 9.17) is 0 Å². The Morgan fingerprint density at radius 1 is 1.21 bits per heavy atom. The van der Waals surface area contributed by atoms with Crippen LogP contribution < -0.4 is 5.32 Å². The fraction of sp³-hybridized carbons (Fsp3) is 0.333. The summed E-state index contributed by atoms with van der Waals surface area (Å²) in [5, 5.41) is 9.43. The van der Waals surface area contributed by atoms with Crippen LogP contribution in [0.25, 0.3) is 0 Å². The Morgan fingerprint density at radius 2 is 2.07 bits per heavy atom. The van der Waals surface area contributed by atoms with Gasteiger partial charge in [0.05, 0.1) is 22.9 Å². The quantitative estimate of drug-likeness (QED) is 0.873. The standard InChI is InChI=1S/C9H11N3S2/c1-6-4-14-9(11-6)10-3-8-5-13-7(2)12-8/h4-5H,3H2,1-2H3,(H,10,11). The maximum absolute atomic E-state index is 4.37. The highest BCUT2D eigenvalue weighted by atomic mass is 32.1. The van der Waals surface area contributed by atoms with E-state index in [-0.39, 0.29) is 0 Å². The maximum atomic E-state index is 4.37. The topological polar surface area (TPSA) is 37.8 Å². The summed E-state index contributed by atoms with van der Waals surface area (Å²) in [7, 11) is 0. The highest BCUT2D eigenvalue weighted by Crippen LogP contribution is 2.16. The fourth-order valence-corrected chi connectivity index (χ4v) is 2.39. The fourth-order valence-electron chi connectivity index (χ4n) is 1.09. The van der Waals surface area contributed by atoms with Crippen molar-refractivity contribution in [1.29, 1.82) is 0 Å². The summed E-state index contributed by atoms with van der Waals surface area (Å²) < 4.78 is 0. The number of nitrogens with one attached hydrogen (secondary N) is 1. The van der Waals surface area contributed by atoms with E-state index in [2.05, 4.69) is 20.7 Å². The third-order valence-corrected chi connectivity index (χ3v) is 3.45. The number of thiazole rings is 2. The zero-order chi connectivity index (χ0) is 9.97. The molecule has 0 bridgehead atoms. The number of anilines is 1. The van der Waals surface area contributed by atoms with Gasteiger partial charge in [-0.15, -0.1) is 22.7 Å². The Kier molecular flexibility index (Phi) is 2.79. The van der Waals surface area contributed by atoms with Gasteiger partial charge in [0.1, 0.15) is 0 Å². The van der Waals surface area contributed by atoms with Gasteiger partial charge >= 0.3 is 0 Å². The number of aromatic nitrogens is 2. The van der Waals surface area contributed by atoms with Crippen LogP contribution >= 0.6 is 22.7 Å². The average Bonchev–Trinajstić information content (AvgIpc) is 2.72. The van der Waals surface area contributed by atoms with Crippen LogP contribution in [0.5, 0.6) is 0 Å². The van der Waals surface area contributed by atoms with E-state index >= 15 is 0 Å². The molecule has 74 valence electrons. The zero-order valence-corrected chi connectivity index (χ0v) is 9.71. The van der Waals surface area contributed by atoms with Crippen LogP contribution in [-0.4, -0.2) is 9.97 Å². The molecule has 0 amide bonds. The minimum absolute atomic E-state index is 0.761. The molecule has 14 heavy (non-hydrogen) atoms. The lowest BCUT2D eigenvalue weighted by atomic mass is 10.5. The van der Waals surface area contributed by atoms with Crippen LogP contribution in [0.3, 0.4) is 0 Å². The normalized spacial score (nSPS) is 10.4. The van der Waals surface area contributed by atoms with Crippen molar-refractivity contribution in [3.63, 3.8) is 0 Å². The highest BCUT2D eigenvalue weighted by Gasteiger charge is 2.00. The Balaban J connectivity index is 1.94. The Bertz CT molecular complexity index is 379. The average molecular weight is 225 g/mol. The van der Waals surface area contributed by atoms with Gasteiger partial charge in [-0.25, -0.2) is 9.97 Å². The van der Waals surface area contributed by atoms with E-state index in [9.17, 15) is 0 Å². The molecule has 0 saturated carbocycles. The zero-order valence-electron chi connectivity index (χ0n) is 8.07. The first-order valence-corrected chi connectivity index (χ1v) is 6.07. The lowest BCUT2D eigenvalue weighted by Crippen LogP contribution is -1.99. The molecule has 0 aliphatic heterocycles. The van der Waals surface area contributed by atoms with Crippen molar-refractivity contribution >= 4 is 27.8 Å². The van der Waals surface area contributed by atoms with E-state index < -0.39 is 0 Å². The number of hydrogen-bond donors (Lipinski definition) is 1. The minimum atomic E-state index is 0.761. The molecule has 2 aromatic heterocycles. The summed E-state index contributed by atoms with van der Waals surface area (Å²) in [6.45, 7) is 4.77. The summed E-state index contributed by atoms with van der Waals surface area (Å²) >= 11 is 3.31. The molecule has 2 aromatic rings. The van der Waals surface area contributed by atoms with Crippen LogP contribution in [0.1, 0.15) is 16.4 Å². The summed E-state index contributed by atoms with van der Waals surface area (Å²) in [4.78, 5) is 8.68. The number of nitrogens with zero attached hydrogens (tertiary/aromatic N) is 2. The third kappa shape index (κ3) is 2.30. The molecule has 2 heterocycles. The summed E-state index contributed by atoms with van der Waals surface area (Å²) in [5.41, 5.74) is 2.15. The van der Waals surface area contributed by atoms with Gasteiger partial charge in [-0.2, -0.15) is 0 Å². The van der Waals surface area contributed by atoms with Gasteiger partial charge in [-0.05, 0) is 13.8 Å². The number of rotatable bonds is 3. The Morgan fingerprint density at radius 3 is 2.64 bits per heavy atom. The van der Waals surface area contributed by atoms with E-state index in [1.54, 1.807) is 22.7 Å². The van der Waals surface area contributed by atoms with Crippen molar-refractivity contribution in [3.05, 3.63) is 27.2 Å². The molecule has 0 spiro atoms. The van der Waals surface area contributed by atoms with Gasteiger partial charge in [0.25, 0.3) is 0 Å². The predicted octanol–water partition coefficient (Wildman–Crippen LogP) is 2.83. The van der Waals surface area contributed by atoms with E-state index in [0.717, 1.165) is 28.1 Å². The van der Waals surface area contributed by atoms with Gasteiger partial charge < -0.3 is 5.32 Å². The molecule has 0 atom stereocenters. The van der Waals surface area contributed by atoms with Gasteiger partial charge in [0.15, 0.2) is 5.13 Å². The molecule has 0 radical (unpaired) electrons. The van der Waals surface area contributed by atoms with Crippen molar-refractivity contribution < 1.29 is 0 Å². The monoisotopic (exact) mass is 225 g/mol. The second-order valence-corrected chi connectivity index (χ2v) is 4.93. The Labute approximate surface area is 90.9 Å². The van der Waals surface area contributed by atoms with Crippen molar-refractivity contribution in [1.82, 2.24) is 9.97 Å². The van der Waals surface area contributed by atoms with E-state index in [1.807, 2.05) is 19.2 Å². The van der Waals surface area contributed by atoms with Crippen molar-refractivity contribution in [2.45, 2.75) is 20.4 Å². The molecular formula is C9H11N3S2. The molecule has 0 aliphatic carbocycles. The van der Waals surface area contributed by atoms with Gasteiger partial charge in [-0.3, -0.25) is 0 Å². The summed E-state index contributed by atoms with van der Waals surface area (Å²) in [5.74, 6) is 0. The molecule has 5 heteroatoms. The van der Waals surface area contributed by atoms with Crippen LogP contribution in [0.15, 0.2) is 10.8 Å². The first kappa shape index (κ1) is 9.61. The van der Waals surface area contributed by atoms with Gasteiger partial charge in [-0.1, -0.05) is 0 Å². The summed E-state index contributed by atoms with van der Waals surface area (Å²) in [6.07, 6.45) is 0. The van der Waals surface area contributed by atoms with E-state index in [0.29, 0.717) is 0 Å². The predicted molar refractivity (Wildman–Crippen MR) is 61.0 cm³/mol. The van der Waals surface area contributed by atoms with Gasteiger partial charge in [0, 0.05) is 10.8 Å². The molecule has 1 N–H and O–H groups in total. The van der Waals surface area contributed by atoms with Crippen molar-refractivity contribution in [2.24, 2.45) is 0 Å². The SMILES string of the molecule is Cc1csc(NCc2csc(C)n2)n1. The van der Waals surface area contributed by atoms with Crippen LogP contribution in [0, 0.1) is 13.8 Å². The molecule has 0 aromatic carbocycles. The lowest BCUT2D eigenvalue weighted by molar-refractivity contribution is 1.04. The molecule has 0 unspecified atom stereocenters. The first-order valence-electron chi connectivity index (χ1n) is 4.31. The first-order chi connectivity index (χ1) is 6.74. The highest BCUT2D eigenvalue weighted by molar-refractivity contribution is 7.13.